The van der Waals surface area contributed by atoms with Gasteiger partial charge in [-0.15, -0.1) is 0 Å². The SMILES string of the molecule is COc1cccc(C(=O)N2[C@H](C(=O)O)C[C@H]3CCCC[C@@H]32)c1F. The molecule has 0 aromatic heterocycles. The van der Waals surface area contributed by atoms with E-state index in [2.05, 4.69) is 0 Å². The fourth-order valence-corrected chi connectivity index (χ4v) is 3.95. The number of ether oxygens (including phenoxy) is 1. The van der Waals surface area contributed by atoms with Crippen LogP contribution in [0, 0.1) is 11.7 Å². The van der Waals surface area contributed by atoms with Crippen LogP contribution < -0.4 is 4.74 Å². The number of nitrogens with zero attached hydrogens (tertiary/aromatic N) is 1. The number of rotatable bonds is 3. The predicted molar refractivity (Wildman–Crippen MR) is 80.9 cm³/mol. The van der Waals surface area contributed by atoms with Crippen molar-refractivity contribution in [2.24, 2.45) is 5.92 Å². The molecule has 1 saturated carbocycles. The van der Waals surface area contributed by atoms with E-state index in [-0.39, 0.29) is 23.3 Å². The topological polar surface area (TPSA) is 66.8 Å². The monoisotopic (exact) mass is 321 g/mol. The van der Waals surface area contributed by atoms with Crippen molar-refractivity contribution in [1.82, 2.24) is 4.90 Å². The Morgan fingerprint density at radius 1 is 1.30 bits per heavy atom. The Morgan fingerprint density at radius 2 is 2.04 bits per heavy atom. The van der Waals surface area contributed by atoms with E-state index in [0.717, 1.165) is 25.7 Å². The number of halogens is 1. The molecule has 1 aliphatic heterocycles. The number of amides is 1. The van der Waals surface area contributed by atoms with Gasteiger partial charge in [0.15, 0.2) is 11.6 Å². The van der Waals surface area contributed by atoms with Crippen LogP contribution in [0.5, 0.6) is 5.75 Å². The number of carbonyl (C=O) groups is 2. The van der Waals surface area contributed by atoms with Gasteiger partial charge >= 0.3 is 5.97 Å². The summed E-state index contributed by atoms with van der Waals surface area (Å²) in [4.78, 5) is 25.9. The first-order valence-corrected chi connectivity index (χ1v) is 7.92. The third-order valence-electron chi connectivity index (χ3n) is 5.02. The summed E-state index contributed by atoms with van der Waals surface area (Å²) in [7, 11) is 1.33. The van der Waals surface area contributed by atoms with Crippen molar-refractivity contribution in [3.05, 3.63) is 29.6 Å². The van der Waals surface area contributed by atoms with Crippen molar-refractivity contribution in [3.8, 4) is 5.75 Å². The fraction of sp³-hybridized carbons (Fsp3) is 0.529. The maximum atomic E-state index is 14.4. The van der Waals surface area contributed by atoms with Crippen molar-refractivity contribution in [1.29, 1.82) is 0 Å². The first-order chi connectivity index (χ1) is 11.0. The Morgan fingerprint density at radius 3 is 2.74 bits per heavy atom. The second kappa shape index (κ2) is 6.18. The number of hydrogen-bond donors (Lipinski definition) is 1. The zero-order valence-electron chi connectivity index (χ0n) is 13.0. The number of carboxylic acids is 1. The second-order valence-electron chi connectivity index (χ2n) is 6.24. The van der Waals surface area contributed by atoms with Crippen LogP contribution in [-0.4, -0.2) is 41.1 Å². The normalized spacial score (nSPS) is 26.7. The molecule has 1 heterocycles. The van der Waals surface area contributed by atoms with E-state index in [0.29, 0.717) is 6.42 Å². The lowest BCUT2D eigenvalue weighted by molar-refractivity contribution is -0.141. The Hall–Kier alpha value is -2.11. The number of fused-ring (bicyclic) bond motifs is 1. The van der Waals surface area contributed by atoms with Crippen LogP contribution in [0.4, 0.5) is 4.39 Å². The number of hydrogen-bond acceptors (Lipinski definition) is 3. The minimum atomic E-state index is -1.02. The Kier molecular flexibility index (Phi) is 4.24. The average molecular weight is 321 g/mol. The molecule has 0 radical (unpaired) electrons. The van der Waals surface area contributed by atoms with Crippen LogP contribution in [0.2, 0.25) is 0 Å². The van der Waals surface area contributed by atoms with E-state index < -0.39 is 23.7 Å². The second-order valence-corrected chi connectivity index (χ2v) is 6.24. The van der Waals surface area contributed by atoms with Gasteiger partial charge in [0.1, 0.15) is 6.04 Å². The number of aliphatic carboxylic acids is 1. The highest BCUT2D eigenvalue weighted by Gasteiger charge is 2.48. The fourth-order valence-electron chi connectivity index (χ4n) is 3.95. The average Bonchev–Trinajstić information content (AvgIpc) is 2.94. The molecule has 0 bridgehead atoms. The van der Waals surface area contributed by atoms with Crippen LogP contribution in [0.25, 0.3) is 0 Å². The Bertz CT molecular complexity index is 633. The quantitative estimate of drug-likeness (QED) is 0.929. The molecule has 0 unspecified atom stereocenters. The van der Waals surface area contributed by atoms with Gasteiger partial charge in [0.2, 0.25) is 0 Å². The van der Waals surface area contributed by atoms with E-state index in [4.69, 9.17) is 4.74 Å². The van der Waals surface area contributed by atoms with Gasteiger partial charge in [-0.2, -0.15) is 0 Å². The largest absolute Gasteiger partial charge is 0.494 e. The molecular formula is C17H20FNO4. The van der Waals surface area contributed by atoms with Crippen LogP contribution >= 0.6 is 0 Å². The summed E-state index contributed by atoms with van der Waals surface area (Å²) in [5.74, 6) is -2.12. The maximum Gasteiger partial charge on any atom is 0.326 e. The number of likely N-dealkylation sites (tertiary alicyclic amines) is 1. The van der Waals surface area contributed by atoms with Crippen LogP contribution in [0.3, 0.4) is 0 Å². The van der Waals surface area contributed by atoms with Crippen molar-refractivity contribution < 1.29 is 23.8 Å². The van der Waals surface area contributed by atoms with Gasteiger partial charge in [-0.3, -0.25) is 4.79 Å². The molecule has 3 atom stereocenters. The number of methoxy groups -OCH3 is 1. The molecule has 5 nitrogen and oxygen atoms in total. The summed E-state index contributed by atoms with van der Waals surface area (Å²) in [6, 6.07) is 3.38. The van der Waals surface area contributed by atoms with Gasteiger partial charge in [-0.25, -0.2) is 9.18 Å². The summed E-state index contributed by atoms with van der Waals surface area (Å²) >= 11 is 0. The molecule has 1 aromatic rings. The predicted octanol–water partition coefficient (Wildman–Crippen LogP) is 2.69. The Labute approximate surface area is 134 Å². The van der Waals surface area contributed by atoms with E-state index in [1.165, 1.54) is 24.1 Å². The molecular weight excluding hydrogens is 301 g/mol. The molecule has 6 heteroatoms. The summed E-state index contributed by atoms with van der Waals surface area (Å²) in [5.41, 5.74) is -0.123. The highest BCUT2D eigenvalue weighted by molar-refractivity contribution is 5.98. The van der Waals surface area contributed by atoms with E-state index in [9.17, 15) is 19.1 Å². The zero-order valence-corrected chi connectivity index (χ0v) is 13.0. The molecule has 1 aromatic carbocycles. The molecule has 1 amide bonds. The molecule has 3 rings (SSSR count). The molecule has 23 heavy (non-hydrogen) atoms. The molecule has 0 spiro atoms. The van der Waals surface area contributed by atoms with Gasteiger partial charge in [-0.05, 0) is 37.3 Å². The van der Waals surface area contributed by atoms with E-state index >= 15 is 0 Å². The number of benzene rings is 1. The lowest BCUT2D eigenvalue weighted by Gasteiger charge is -2.33. The highest BCUT2D eigenvalue weighted by Crippen LogP contribution is 2.41. The molecule has 1 saturated heterocycles. The van der Waals surface area contributed by atoms with Crippen molar-refractivity contribution in [3.63, 3.8) is 0 Å². The van der Waals surface area contributed by atoms with Crippen molar-refractivity contribution in [2.75, 3.05) is 7.11 Å². The maximum absolute atomic E-state index is 14.4. The van der Waals surface area contributed by atoms with Gasteiger partial charge in [-0.1, -0.05) is 18.9 Å². The molecule has 2 fully saturated rings. The summed E-state index contributed by atoms with van der Waals surface area (Å²) in [6.45, 7) is 0. The number of carbonyl (C=O) groups excluding carboxylic acids is 1. The molecule has 124 valence electrons. The minimum Gasteiger partial charge on any atom is -0.494 e. The zero-order chi connectivity index (χ0) is 16.6. The summed E-state index contributed by atoms with van der Waals surface area (Å²) < 4.78 is 19.3. The number of carboxylic acid groups (broad SMARTS) is 1. The van der Waals surface area contributed by atoms with Crippen molar-refractivity contribution in [2.45, 2.75) is 44.2 Å². The van der Waals surface area contributed by atoms with Gasteiger partial charge in [0, 0.05) is 6.04 Å². The highest BCUT2D eigenvalue weighted by atomic mass is 19.1. The van der Waals surface area contributed by atoms with Crippen LogP contribution in [-0.2, 0) is 4.79 Å². The Balaban J connectivity index is 1.97. The third-order valence-corrected chi connectivity index (χ3v) is 5.02. The summed E-state index contributed by atoms with van der Waals surface area (Å²) in [6.07, 6.45) is 4.20. The van der Waals surface area contributed by atoms with Crippen LogP contribution in [0.1, 0.15) is 42.5 Å². The van der Waals surface area contributed by atoms with Crippen LogP contribution in [0.15, 0.2) is 18.2 Å². The van der Waals surface area contributed by atoms with E-state index in [1.807, 2.05) is 0 Å². The van der Waals surface area contributed by atoms with E-state index in [1.54, 1.807) is 6.07 Å². The first kappa shape index (κ1) is 15.8. The summed E-state index contributed by atoms with van der Waals surface area (Å²) in [5, 5.41) is 9.48. The van der Waals surface area contributed by atoms with Crippen molar-refractivity contribution >= 4 is 11.9 Å². The standard InChI is InChI=1S/C17H20FNO4/c1-23-14-8-4-6-11(15(14)18)16(20)19-12-7-3-2-5-10(12)9-13(19)17(21)22/h4,6,8,10,12-13H,2-3,5,7,9H2,1H3,(H,21,22)/t10-,12+,13+/m1/s1. The van der Waals surface area contributed by atoms with Gasteiger partial charge in [0.05, 0.1) is 12.7 Å². The smallest absolute Gasteiger partial charge is 0.326 e. The third kappa shape index (κ3) is 2.66. The molecule has 2 aliphatic rings. The molecule has 1 aliphatic carbocycles. The molecule has 1 N–H and O–H groups in total. The minimum absolute atomic E-state index is 0.0119. The van der Waals surface area contributed by atoms with Gasteiger partial charge in [0.25, 0.3) is 5.91 Å². The first-order valence-electron chi connectivity index (χ1n) is 7.92. The lowest BCUT2D eigenvalue weighted by atomic mass is 9.84. The van der Waals surface area contributed by atoms with Gasteiger partial charge < -0.3 is 14.7 Å². The lowest BCUT2D eigenvalue weighted by Crippen LogP contribution is -2.46.